The number of rotatable bonds is 5. The predicted molar refractivity (Wildman–Crippen MR) is 193 cm³/mol. The number of aromatic nitrogens is 5. The number of imidazole rings is 1. The van der Waals surface area contributed by atoms with Crippen LogP contribution in [0.3, 0.4) is 0 Å². The Morgan fingerprint density at radius 1 is 0.468 bits per heavy atom. The summed E-state index contributed by atoms with van der Waals surface area (Å²) in [6.07, 6.45) is 0.812. The summed E-state index contributed by atoms with van der Waals surface area (Å²) in [5.74, 6) is 1.72. The Bertz CT molecular complexity index is 2590. The van der Waals surface area contributed by atoms with Crippen LogP contribution in [0.25, 0.3) is 83.2 Å². The summed E-state index contributed by atoms with van der Waals surface area (Å²) in [4.78, 5) is 20.6. The van der Waals surface area contributed by atoms with Crippen LogP contribution in [0, 0.1) is 0 Å². The first-order valence-electron chi connectivity index (χ1n) is 16.0. The van der Waals surface area contributed by atoms with Gasteiger partial charge in [-0.3, -0.25) is 4.57 Å². The molecule has 9 rings (SSSR count). The quantitative estimate of drug-likeness (QED) is 0.184. The Labute approximate surface area is 271 Å². The van der Waals surface area contributed by atoms with Crippen LogP contribution >= 0.6 is 0 Å². The van der Waals surface area contributed by atoms with Gasteiger partial charge in [0.1, 0.15) is 5.82 Å². The highest BCUT2D eigenvalue weighted by Crippen LogP contribution is 2.39. The molecule has 9 aromatic rings. The third-order valence-corrected chi connectivity index (χ3v) is 8.96. The van der Waals surface area contributed by atoms with Crippen molar-refractivity contribution in [3.63, 3.8) is 0 Å². The van der Waals surface area contributed by atoms with Crippen molar-refractivity contribution in [2.75, 3.05) is 0 Å². The molecule has 47 heavy (non-hydrogen) atoms. The highest BCUT2D eigenvalue weighted by atomic mass is 15.1. The van der Waals surface area contributed by atoms with E-state index in [4.69, 9.17) is 19.9 Å². The number of fused-ring (bicyclic) bond motifs is 6. The van der Waals surface area contributed by atoms with Gasteiger partial charge in [-0.2, -0.15) is 0 Å². The summed E-state index contributed by atoms with van der Waals surface area (Å²) < 4.78 is 2.28. The van der Waals surface area contributed by atoms with Gasteiger partial charge in [0.15, 0.2) is 5.82 Å². The van der Waals surface area contributed by atoms with Crippen LogP contribution in [0.5, 0.6) is 0 Å². The van der Waals surface area contributed by atoms with E-state index in [9.17, 15) is 0 Å². The van der Waals surface area contributed by atoms with Crippen molar-refractivity contribution in [3.05, 3.63) is 151 Å². The number of aryl methyl sites for hydroxylation is 1. The minimum atomic E-state index is 0.696. The Hall–Kier alpha value is -6.20. The summed E-state index contributed by atoms with van der Waals surface area (Å²) in [6, 6.07) is 50.3. The van der Waals surface area contributed by atoms with Gasteiger partial charge in [0.25, 0.3) is 0 Å². The number of hydrogen-bond acceptors (Lipinski definition) is 4. The summed E-state index contributed by atoms with van der Waals surface area (Å²) in [5.41, 5.74) is 9.92. The first-order valence-corrected chi connectivity index (χ1v) is 16.0. The molecule has 0 radical (unpaired) electrons. The lowest BCUT2D eigenvalue weighted by Gasteiger charge is -2.13. The molecule has 0 unspecified atom stereocenters. The Kier molecular flexibility index (Phi) is 6.35. The average molecular weight is 604 g/mol. The first kappa shape index (κ1) is 27.1. The van der Waals surface area contributed by atoms with E-state index in [0.717, 1.165) is 89.6 Å². The molecule has 0 saturated heterocycles. The van der Waals surface area contributed by atoms with Crippen molar-refractivity contribution < 1.29 is 0 Å². The highest BCUT2D eigenvalue weighted by Gasteiger charge is 2.20. The molecule has 0 aliphatic carbocycles. The fraction of sp³-hybridized carbons (Fsp3) is 0.0476. The summed E-state index contributed by atoms with van der Waals surface area (Å²) in [5, 5.41) is 4.37. The highest BCUT2D eigenvalue weighted by molar-refractivity contribution is 6.20. The molecule has 0 amide bonds. The van der Waals surface area contributed by atoms with Crippen LogP contribution < -0.4 is 0 Å². The lowest BCUT2D eigenvalue weighted by atomic mass is 9.98. The molecule has 0 fully saturated rings. The van der Waals surface area contributed by atoms with Crippen molar-refractivity contribution in [3.8, 4) is 39.6 Å². The maximum absolute atomic E-state index is 5.28. The molecule has 0 aliphatic rings. The van der Waals surface area contributed by atoms with Gasteiger partial charge < -0.3 is 0 Å². The van der Waals surface area contributed by atoms with E-state index in [1.165, 1.54) is 0 Å². The van der Waals surface area contributed by atoms with E-state index < -0.39 is 0 Å². The van der Waals surface area contributed by atoms with Crippen molar-refractivity contribution in [1.82, 2.24) is 24.5 Å². The molecular weight excluding hydrogens is 574 g/mol. The number of para-hydroxylation sites is 3. The molecule has 0 atom stereocenters. The number of hydrogen-bond donors (Lipinski definition) is 0. The zero-order chi connectivity index (χ0) is 31.3. The van der Waals surface area contributed by atoms with Crippen LogP contribution in [0.2, 0.25) is 0 Å². The molecule has 0 spiro atoms. The molecule has 5 heteroatoms. The minimum Gasteiger partial charge on any atom is -0.296 e. The fourth-order valence-corrected chi connectivity index (χ4v) is 6.74. The van der Waals surface area contributed by atoms with Gasteiger partial charge in [0.05, 0.1) is 33.5 Å². The Morgan fingerprint density at radius 2 is 1.09 bits per heavy atom. The molecule has 6 aromatic carbocycles. The molecule has 222 valence electrons. The normalized spacial score (nSPS) is 11.6. The molecule has 0 N–H and O–H groups in total. The summed E-state index contributed by atoms with van der Waals surface area (Å²) in [6.45, 7) is 2.16. The molecule has 3 heterocycles. The molecule has 0 aliphatic heterocycles. The summed E-state index contributed by atoms with van der Waals surface area (Å²) >= 11 is 0. The van der Waals surface area contributed by atoms with Gasteiger partial charge in [-0.1, -0.05) is 122 Å². The predicted octanol–water partition coefficient (Wildman–Crippen LogP) is 10.2. The van der Waals surface area contributed by atoms with Gasteiger partial charge in [-0.25, -0.2) is 19.9 Å². The van der Waals surface area contributed by atoms with Crippen molar-refractivity contribution in [1.29, 1.82) is 0 Å². The van der Waals surface area contributed by atoms with Crippen LogP contribution in [-0.4, -0.2) is 24.5 Å². The maximum Gasteiger partial charge on any atom is 0.160 e. The van der Waals surface area contributed by atoms with E-state index in [0.29, 0.717) is 5.82 Å². The van der Waals surface area contributed by atoms with Gasteiger partial charge in [0.2, 0.25) is 0 Å². The third kappa shape index (κ3) is 4.47. The van der Waals surface area contributed by atoms with Gasteiger partial charge in [-0.05, 0) is 35.7 Å². The van der Waals surface area contributed by atoms with Gasteiger partial charge in [0, 0.05) is 45.0 Å². The Balaban J connectivity index is 1.25. The molecule has 3 aromatic heterocycles. The van der Waals surface area contributed by atoms with Crippen LogP contribution in [-0.2, 0) is 6.42 Å². The smallest absolute Gasteiger partial charge is 0.160 e. The van der Waals surface area contributed by atoms with Crippen LogP contribution in [0.15, 0.2) is 146 Å². The number of benzene rings is 6. The van der Waals surface area contributed by atoms with Crippen molar-refractivity contribution in [2.45, 2.75) is 13.3 Å². The van der Waals surface area contributed by atoms with Crippen LogP contribution in [0.4, 0.5) is 0 Å². The molecule has 0 saturated carbocycles. The lowest BCUT2D eigenvalue weighted by Crippen LogP contribution is -1.99. The molecule has 5 nitrogen and oxygen atoms in total. The topological polar surface area (TPSA) is 56.5 Å². The second-order valence-electron chi connectivity index (χ2n) is 11.7. The van der Waals surface area contributed by atoms with E-state index in [2.05, 4.69) is 115 Å². The zero-order valence-corrected chi connectivity index (χ0v) is 25.8. The first-order chi connectivity index (χ1) is 23.3. The standard InChI is InChI=1S/C42H29N5/c1-2-37-45-41-36(47(37)30-15-7-4-8-16-30)26-25-32-31-17-9-11-19-34(31)43-40(38(32)41)28-21-23-29(24-22-28)42-44-35-20-12-10-18-33(35)39(46-42)27-13-5-3-6-14-27/h3-26H,2H2,1H3. The maximum atomic E-state index is 5.28. The molecular formula is C42H29N5. The third-order valence-electron chi connectivity index (χ3n) is 8.96. The van der Waals surface area contributed by atoms with E-state index in [-0.39, 0.29) is 0 Å². The van der Waals surface area contributed by atoms with Crippen molar-refractivity contribution in [2.24, 2.45) is 0 Å². The largest absolute Gasteiger partial charge is 0.296 e. The summed E-state index contributed by atoms with van der Waals surface area (Å²) in [7, 11) is 0. The van der Waals surface area contributed by atoms with Gasteiger partial charge >= 0.3 is 0 Å². The monoisotopic (exact) mass is 603 g/mol. The molecule has 0 bridgehead atoms. The van der Waals surface area contributed by atoms with Crippen molar-refractivity contribution >= 4 is 43.6 Å². The minimum absolute atomic E-state index is 0.696. The van der Waals surface area contributed by atoms with Gasteiger partial charge in [-0.15, -0.1) is 0 Å². The lowest BCUT2D eigenvalue weighted by molar-refractivity contribution is 0.908. The number of nitrogens with zero attached hydrogens (tertiary/aromatic N) is 5. The zero-order valence-electron chi connectivity index (χ0n) is 25.8. The fourth-order valence-electron chi connectivity index (χ4n) is 6.74. The second kappa shape index (κ2) is 11.0. The number of pyridine rings is 1. The van der Waals surface area contributed by atoms with E-state index in [1.54, 1.807) is 0 Å². The second-order valence-corrected chi connectivity index (χ2v) is 11.7. The SMILES string of the molecule is CCc1nc2c3c(-c4ccc(-c5nc(-c6ccccc6)c6ccccc6n5)cc4)nc4ccccc4c3ccc2n1-c1ccccc1. The van der Waals surface area contributed by atoms with E-state index >= 15 is 0 Å². The average Bonchev–Trinajstić information content (AvgIpc) is 3.54. The Morgan fingerprint density at radius 3 is 1.83 bits per heavy atom. The van der Waals surface area contributed by atoms with E-state index in [1.807, 2.05) is 42.5 Å². The van der Waals surface area contributed by atoms with Crippen LogP contribution in [0.1, 0.15) is 12.7 Å².